The SMILES string of the molecule is C=CCC(C#CC)C(=C)N/N=C/C(C)=C/C. The van der Waals surface area contributed by atoms with Gasteiger partial charge in [0.1, 0.15) is 0 Å². The van der Waals surface area contributed by atoms with Gasteiger partial charge in [-0.25, -0.2) is 0 Å². The molecule has 0 aliphatic heterocycles. The van der Waals surface area contributed by atoms with E-state index >= 15 is 0 Å². The molecule has 0 aromatic heterocycles. The Hall–Kier alpha value is -1.75. The topological polar surface area (TPSA) is 24.4 Å². The minimum atomic E-state index is 0.0746. The maximum absolute atomic E-state index is 4.08. The molecule has 0 rings (SSSR count). The predicted octanol–water partition coefficient (Wildman–Crippen LogP) is 3.26. The third-order valence-electron chi connectivity index (χ3n) is 2.07. The van der Waals surface area contributed by atoms with Crippen molar-refractivity contribution in [1.82, 2.24) is 5.43 Å². The van der Waals surface area contributed by atoms with Crippen molar-refractivity contribution in [2.75, 3.05) is 0 Å². The van der Waals surface area contributed by atoms with Crippen molar-refractivity contribution in [3.8, 4) is 11.8 Å². The fourth-order valence-electron chi connectivity index (χ4n) is 0.999. The van der Waals surface area contributed by atoms with Crippen LogP contribution in [0.3, 0.4) is 0 Å². The van der Waals surface area contributed by atoms with E-state index in [2.05, 4.69) is 35.5 Å². The molecule has 16 heavy (non-hydrogen) atoms. The summed E-state index contributed by atoms with van der Waals surface area (Å²) in [5, 5.41) is 4.08. The Morgan fingerprint density at radius 2 is 2.25 bits per heavy atom. The second-order valence-electron chi connectivity index (χ2n) is 3.40. The number of hydrogen-bond acceptors (Lipinski definition) is 2. The van der Waals surface area contributed by atoms with Crippen LogP contribution in [0.15, 0.2) is 41.7 Å². The highest BCUT2D eigenvalue weighted by Gasteiger charge is 2.06. The molecule has 1 unspecified atom stereocenters. The predicted molar refractivity (Wildman–Crippen MR) is 72.0 cm³/mol. The summed E-state index contributed by atoms with van der Waals surface area (Å²) < 4.78 is 0. The molecule has 0 heterocycles. The Morgan fingerprint density at radius 1 is 1.56 bits per heavy atom. The normalized spacial score (nSPS) is 12.8. The summed E-state index contributed by atoms with van der Waals surface area (Å²) in [6.45, 7) is 13.4. The number of hydrazone groups is 1. The molecule has 0 fully saturated rings. The maximum Gasteiger partial charge on any atom is 0.0646 e. The van der Waals surface area contributed by atoms with Crippen LogP contribution >= 0.6 is 0 Å². The van der Waals surface area contributed by atoms with E-state index in [9.17, 15) is 0 Å². The quantitative estimate of drug-likeness (QED) is 0.313. The first-order chi connectivity index (χ1) is 7.65. The molecule has 0 saturated carbocycles. The lowest BCUT2D eigenvalue weighted by atomic mass is 10.0. The average Bonchev–Trinajstić information content (AvgIpc) is 2.28. The van der Waals surface area contributed by atoms with Crippen LogP contribution in [0.1, 0.15) is 27.2 Å². The number of rotatable bonds is 6. The van der Waals surface area contributed by atoms with Gasteiger partial charge in [0.25, 0.3) is 0 Å². The largest absolute Gasteiger partial charge is 0.282 e. The zero-order chi connectivity index (χ0) is 12.4. The van der Waals surface area contributed by atoms with E-state index < -0.39 is 0 Å². The van der Waals surface area contributed by atoms with Gasteiger partial charge >= 0.3 is 0 Å². The second-order valence-corrected chi connectivity index (χ2v) is 3.40. The lowest BCUT2D eigenvalue weighted by Gasteiger charge is -2.10. The molecule has 0 radical (unpaired) electrons. The summed E-state index contributed by atoms with van der Waals surface area (Å²) in [5.74, 6) is 6.02. The maximum atomic E-state index is 4.08. The second kappa shape index (κ2) is 8.55. The molecule has 2 heteroatoms. The van der Waals surface area contributed by atoms with E-state index in [0.717, 1.165) is 17.7 Å². The van der Waals surface area contributed by atoms with E-state index in [1.807, 2.05) is 32.9 Å². The highest BCUT2D eigenvalue weighted by atomic mass is 15.3. The summed E-state index contributed by atoms with van der Waals surface area (Å²) in [7, 11) is 0. The van der Waals surface area contributed by atoms with Crippen LogP contribution in [0.4, 0.5) is 0 Å². The third-order valence-corrected chi connectivity index (χ3v) is 2.07. The third kappa shape index (κ3) is 5.87. The number of nitrogens with zero attached hydrogens (tertiary/aromatic N) is 1. The summed E-state index contributed by atoms with van der Waals surface area (Å²) in [6.07, 6.45) is 6.37. The summed E-state index contributed by atoms with van der Waals surface area (Å²) in [6, 6.07) is 0. The van der Waals surface area contributed by atoms with Crippen LogP contribution in [-0.4, -0.2) is 6.21 Å². The Bertz CT molecular complexity index is 351. The minimum Gasteiger partial charge on any atom is -0.282 e. The standard InChI is InChI=1S/C14H20N2/c1-6-9-14(10-7-2)13(5)16-15-11-12(4)8-3/h6,8,11,14,16H,1,5,9H2,2-4H3/b12-8+,15-11+. The molecule has 86 valence electrons. The van der Waals surface area contributed by atoms with Crippen molar-refractivity contribution in [3.05, 3.63) is 36.6 Å². The van der Waals surface area contributed by atoms with Crippen LogP contribution in [-0.2, 0) is 0 Å². The lowest BCUT2D eigenvalue weighted by Crippen LogP contribution is -2.13. The summed E-state index contributed by atoms with van der Waals surface area (Å²) >= 11 is 0. The molecule has 0 aromatic carbocycles. The lowest BCUT2D eigenvalue weighted by molar-refractivity contribution is 0.706. The Labute approximate surface area is 98.8 Å². The van der Waals surface area contributed by atoms with Crippen molar-refractivity contribution in [3.63, 3.8) is 0 Å². The van der Waals surface area contributed by atoms with Gasteiger partial charge in [0.2, 0.25) is 0 Å². The molecule has 2 nitrogen and oxygen atoms in total. The van der Waals surface area contributed by atoms with Gasteiger partial charge in [-0.1, -0.05) is 24.7 Å². The van der Waals surface area contributed by atoms with Crippen LogP contribution in [0, 0.1) is 17.8 Å². The molecular formula is C14H20N2. The number of hydrogen-bond donors (Lipinski definition) is 1. The van der Waals surface area contributed by atoms with Gasteiger partial charge in [0.05, 0.1) is 5.92 Å². The molecule has 0 aliphatic carbocycles. The van der Waals surface area contributed by atoms with Crippen molar-refractivity contribution in [2.45, 2.75) is 27.2 Å². The van der Waals surface area contributed by atoms with E-state index in [1.165, 1.54) is 0 Å². The first kappa shape index (κ1) is 14.2. The fraction of sp³-hybridized carbons (Fsp3) is 0.357. The van der Waals surface area contributed by atoms with E-state index in [4.69, 9.17) is 0 Å². The van der Waals surface area contributed by atoms with Gasteiger partial charge < -0.3 is 0 Å². The molecule has 0 saturated heterocycles. The zero-order valence-corrected chi connectivity index (χ0v) is 10.4. The zero-order valence-electron chi connectivity index (χ0n) is 10.4. The average molecular weight is 216 g/mol. The van der Waals surface area contributed by atoms with Crippen LogP contribution in [0.5, 0.6) is 0 Å². The molecule has 1 N–H and O–H groups in total. The smallest absolute Gasteiger partial charge is 0.0646 e. The van der Waals surface area contributed by atoms with Crippen LogP contribution in [0.2, 0.25) is 0 Å². The summed E-state index contributed by atoms with van der Waals surface area (Å²) in [5.41, 5.74) is 4.80. The molecule has 1 atom stereocenters. The Balaban J connectivity index is 4.35. The van der Waals surface area contributed by atoms with Crippen LogP contribution < -0.4 is 5.43 Å². The fourth-order valence-corrected chi connectivity index (χ4v) is 0.999. The van der Waals surface area contributed by atoms with Gasteiger partial charge in [0, 0.05) is 11.9 Å². The molecule has 0 aromatic rings. The monoisotopic (exact) mass is 216 g/mol. The molecule has 0 spiro atoms. The Morgan fingerprint density at radius 3 is 2.75 bits per heavy atom. The van der Waals surface area contributed by atoms with Crippen molar-refractivity contribution < 1.29 is 0 Å². The minimum absolute atomic E-state index is 0.0746. The summed E-state index contributed by atoms with van der Waals surface area (Å²) in [4.78, 5) is 0. The van der Waals surface area contributed by atoms with E-state index in [1.54, 1.807) is 6.21 Å². The molecule has 0 aliphatic rings. The van der Waals surface area contributed by atoms with E-state index in [-0.39, 0.29) is 5.92 Å². The van der Waals surface area contributed by atoms with E-state index in [0.29, 0.717) is 0 Å². The van der Waals surface area contributed by atoms with Gasteiger partial charge in [-0.2, -0.15) is 5.10 Å². The molecular weight excluding hydrogens is 196 g/mol. The van der Waals surface area contributed by atoms with Crippen molar-refractivity contribution in [2.24, 2.45) is 11.0 Å². The first-order valence-corrected chi connectivity index (χ1v) is 5.29. The Kier molecular flexibility index (Phi) is 7.61. The van der Waals surface area contributed by atoms with Gasteiger partial charge in [-0.3, -0.25) is 5.43 Å². The van der Waals surface area contributed by atoms with Gasteiger partial charge in [-0.05, 0) is 32.8 Å². The number of allylic oxidation sites excluding steroid dienone is 4. The van der Waals surface area contributed by atoms with Crippen molar-refractivity contribution >= 4 is 6.21 Å². The molecule has 0 bridgehead atoms. The number of nitrogens with one attached hydrogen (secondary N) is 1. The van der Waals surface area contributed by atoms with Crippen molar-refractivity contribution in [1.29, 1.82) is 0 Å². The highest BCUT2D eigenvalue weighted by molar-refractivity contribution is 5.77. The highest BCUT2D eigenvalue weighted by Crippen LogP contribution is 2.10. The van der Waals surface area contributed by atoms with Gasteiger partial charge in [0.15, 0.2) is 0 Å². The van der Waals surface area contributed by atoms with Crippen LogP contribution in [0.25, 0.3) is 0 Å². The first-order valence-electron chi connectivity index (χ1n) is 5.29. The van der Waals surface area contributed by atoms with Gasteiger partial charge in [-0.15, -0.1) is 12.5 Å². The molecule has 0 amide bonds.